The molecule has 0 unspecified atom stereocenters. The number of unbranched alkanes of at least 4 members (excludes halogenated alkanes) is 1. The van der Waals surface area contributed by atoms with Gasteiger partial charge < -0.3 is 10.2 Å². The van der Waals surface area contributed by atoms with Crippen LogP contribution in [-0.2, 0) is 10.0 Å². The zero-order chi connectivity index (χ0) is 20.0. The maximum Gasteiger partial charge on any atom is 0.253 e. The smallest absolute Gasteiger partial charge is 0.253 e. The second-order valence-corrected chi connectivity index (χ2v) is 9.59. The van der Waals surface area contributed by atoms with Gasteiger partial charge >= 0.3 is 0 Å². The van der Waals surface area contributed by atoms with Crippen LogP contribution in [0.25, 0.3) is 0 Å². The molecule has 152 valence electrons. The molecule has 8 heteroatoms. The summed E-state index contributed by atoms with van der Waals surface area (Å²) in [5, 5.41) is 3.17. The first-order valence-electron chi connectivity index (χ1n) is 9.54. The van der Waals surface area contributed by atoms with E-state index in [1.807, 2.05) is 14.0 Å². The van der Waals surface area contributed by atoms with Crippen LogP contribution in [0.2, 0.25) is 5.02 Å². The average Bonchev–Trinajstić information content (AvgIpc) is 3.15. The minimum atomic E-state index is -3.58. The quantitative estimate of drug-likeness (QED) is 0.673. The third kappa shape index (κ3) is 5.91. The number of nitrogens with zero attached hydrogens (tertiary/aromatic N) is 2. The fraction of sp³-hybridized carbons (Fsp3) is 0.632. The molecule has 0 spiro atoms. The van der Waals surface area contributed by atoms with Crippen molar-refractivity contribution in [3.8, 4) is 0 Å². The number of amides is 1. The molecule has 1 fully saturated rings. The monoisotopic (exact) mass is 415 g/mol. The van der Waals surface area contributed by atoms with Crippen molar-refractivity contribution in [2.75, 3.05) is 33.2 Å². The van der Waals surface area contributed by atoms with Gasteiger partial charge in [0.25, 0.3) is 5.91 Å². The molecule has 1 aromatic carbocycles. The summed E-state index contributed by atoms with van der Waals surface area (Å²) in [5.74, 6) is -0.352. The molecular formula is C19H30ClN3O3S. The summed E-state index contributed by atoms with van der Waals surface area (Å²) < 4.78 is 26.9. The van der Waals surface area contributed by atoms with Crippen LogP contribution in [0.1, 0.15) is 49.9 Å². The highest BCUT2D eigenvalue weighted by Crippen LogP contribution is 2.25. The summed E-state index contributed by atoms with van der Waals surface area (Å²) in [6.07, 6.45) is 3.96. The molecule has 1 aliphatic rings. The maximum atomic E-state index is 12.7. The van der Waals surface area contributed by atoms with Crippen molar-refractivity contribution in [1.82, 2.24) is 14.5 Å². The van der Waals surface area contributed by atoms with Crippen LogP contribution >= 0.6 is 11.6 Å². The van der Waals surface area contributed by atoms with Gasteiger partial charge in [-0.3, -0.25) is 4.79 Å². The number of hydrogen-bond donors (Lipinski definition) is 1. The molecule has 0 aliphatic carbocycles. The van der Waals surface area contributed by atoms with Gasteiger partial charge in [-0.1, -0.05) is 24.9 Å². The lowest BCUT2D eigenvalue weighted by molar-refractivity contribution is 0.0932. The number of rotatable bonds is 9. The number of likely N-dealkylation sites (N-methyl/N-ethyl adjacent to an activating group) is 1. The van der Waals surface area contributed by atoms with Crippen LogP contribution in [0.3, 0.4) is 0 Å². The Morgan fingerprint density at radius 2 is 2.00 bits per heavy atom. The van der Waals surface area contributed by atoms with Crippen LogP contribution in [0.4, 0.5) is 0 Å². The highest BCUT2D eigenvalue weighted by molar-refractivity contribution is 7.89. The summed E-state index contributed by atoms with van der Waals surface area (Å²) in [6, 6.07) is 4.26. The first kappa shape index (κ1) is 22.1. The van der Waals surface area contributed by atoms with Crippen molar-refractivity contribution in [2.24, 2.45) is 0 Å². The van der Waals surface area contributed by atoms with Gasteiger partial charge in [-0.15, -0.1) is 0 Å². The minimum absolute atomic E-state index is 0.0748. The van der Waals surface area contributed by atoms with E-state index in [0.29, 0.717) is 13.1 Å². The number of carbonyl (C=O) groups is 1. The number of hydrogen-bond acceptors (Lipinski definition) is 4. The molecule has 2 rings (SSSR count). The van der Waals surface area contributed by atoms with Crippen LogP contribution in [0.15, 0.2) is 23.1 Å². The van der Waals surface area contributed by atoms with Crippen molar-refractivity contribution in [3.05, 3.63) is 28.8 Å². The lowest BCUT2D eigenvalue weighted by Crippen LogP contribution is -2.41. The van der Waals surface area contributed by atoms with Gasteiger partial charge in [0.2, 0.25) is 10.0 Å². The SMILES string of the molecule is CCCCN(C)C[C@H](C)NC(=O)c1cc(S(=O)(=O)N2CCCC2)ccc1Cl. The summed E-state index contributed by atoms with van der Waals surface area (Å²) in [4.78, 5) is 14.9. The van der Waals surface area contributed by atoms with Gasteiger partial charge in [0, 0.05) is 25.7 Å². The number of sulfonamides is 1. The number of benzene rings is 1. The van der Waals surface area contributed by atoms with Crippen molar-refractivity contribution >= 4 is 27.5 Å². The highest BCUT2D eigenvalue weighted by atomic mass is 35.5. The average molecular weight is 416 g/mol. The predicted octanol–water partition coefficient (Wildman–Crippen LogP) is 2.97. The van der Waals surface area contributed by atoms with E-state index in [2.05, 4.69) is 17.1 Å². The zero-order valence-corrected chi connectivity index (χ0v) is 17.9. The lowest BCUT2D eigenvalue weighted by Gasteiger charge is -2.22. The Labute approximate surface area is 167 Å². The first-order valence-corrected chi connectivity index (χ1v) is 11.4. The molecule has 0 saturated carbocycles. The van der Waals surface area contributed by atoms with E-state index < -0.39 is 10.0 Å². The fourth-order valence-electron chi connectivity index (χ4n) is 3.25. The van der Waals surface area contributed by atoms with E-state index in [1.165, 1.54) is 22.5 Å². The Balaban J connectivity index is 2.09. The van der Waals surface area contributed by atoms with Gasteiger partial charge in [0.1, 0.15) is 0 Å². The van der Waals surface area contributed by atoms with Crippen molar-refractivity contribution in [2.45, 2.75) is 50.5 Å². The number of halogens is 1. The summed E-state index contributed by atoms with van der Waals surface area (Å²) in [6.45, 7) is 6.81. The molecule has 1 amide bonds. The van der Waals surface area contributed by atoms with Gasteiger partial charge in [-0.05, 0) is 58.0 Å². The molecule has 1 aromatic rings. The summed E-state index contributed by atoms with van der Waals surface area (Å²) >= 11 is 6.18. The number of carbonyl (C=O) groups excluding carboxylic acids is 1. The van der Waals surface area contributed by atoms with Gasteiger partial charge in [0.05, 0.1) is 15.5 Å². The second-order valence-electron chi connectivity index (χ2n) is 7.24. The minimum Gasteiger partial charge on any atom is -0.348 e. The maximum absolute atomic E-state index is 12.7. The van der Waals surface area contributed by atoms with E-state index in [0.717, 1.165) is 38.8 Å². The van der Waals surface area contributed by atoms with Crippen LogP contribution in [-0.4, -0.2) is 62.8 Å². The molecule has 0 radical (unpaired) electrons. The molecule has 0 aromatic heterocycles. The Bertz CT molecular complexity index is 749. The zero-order valence-electron chi connectivity index (χ0n) is 16.4. The molecule has 1 aliphatic heterocycles. The largest absolute Gasteiger partial charge is 0.348 e. The molecule has 1 heterocycles. The van der Waals surface area contributed by atoms with E-state index in [4.69, 9.17) is 11.6 Å². The number of nitrogens with one attached hydrogen (secondary N) is 1. The van der Waals surface area contributed by atoms with E-state index in [1.54, 1.807) is 0 Å². The Morgan fingerprint density at radius 3 is 2.63 bits per heavy atom. The Kier molecular flexibility index (Phi) is 8.09. The topological polar surface area (TPSA) is 69.7 Å². The molecular weight excluding hydrogens is 386 g/mol. The molecule has 1 saturated heterocycles. The Hall–Kier alpha value is -1.15. The summed E-state index contributed by atoms with van der Waals surface area (Å²) in [5.41, 5.74) is 0.194. The summed E-state index contributed by atoms with van der Waals surface area (Å²) in [7, 11) is -1.56. The molecule has 6 nitrogen and oxygen atoms in total. The van der Waals surface area contributed by atoms with E-state index >= 15 is 0 Å². The van der Waals surface area contributed by atoms with E-state index in [9.17, 15) is 13.2 Å². The standard InChI is InChI=1S/C19H30ClN3O3S/c1-4-5-10-22(3)14-15(2)21-19(24)17-13-16(8-9-18(17)20)27(25,26)23-11-6-7-12-23/h8-9,13,15H,4-7,10-12,14H2,1-3H3,(H,21,24)/t15-/m0/s1. The van der Waals surface area contributed by atoms with Crippen molar-refractivity contribution in [1.29, 1.82) is 0 Å². The van der Waals surface area contributed by atoms with Crippen molar-refractivity contribution < 1.29 is 13.2 Å². The fourth-order valence-corrected chi connectivity index (χ4v) is 5.00. The van der Waals surface area contributed by atoms with Crippen LogP contribution in [0.5, 0.6) is 0 Å². The molecule has 1 N–H and O–H groups in total. The normalized spacial score (nSPS) is 16.6. The van der Waals surface area contributed by atoms with Gasteiger partial charge in [-0.2, -0.15) is 4.31 Å². The van der Waals surface area contributed by atoms with Crippen LogP contribution in [0, 0.1) is 0 Å². The predicted molar refractivity (Wildman–Crippen MR) is 109 cm³/mol. The lowest BCUT2D eigenvalue weighted by atomic mass is 10.2. The van der Waals surface area contributed by atoms with E-state index in [-0.39, 0.29) is 27.4 Å². The third-order valence-electron chi connectivity index (χ3n) is 4.74. The molecule has 0 bridgehead atoms. The molecule has 27 heavy (non-hydrogen) atoms. The van der Waals surface area contributed by atoms with Crippen LogP contribution < -0.4 is 5.32 Å². The Morgan fingerprint density at radius 1 is 1.33 bits per heavy atom. The van der Waals surface area contributed by atoms with Gasteiger partial charge in [0.15, 0.2) is 0 Å². The highest BCUT2D eigenvalue weighted by Gasteiger charge is 2.28. The van der Waals surface area contributed by atoms with Crippen molar-refractivity contribution in [3.63, 3.8) is 0 Å². The first-order chi connectivity index (χ1) is 12.8. The third-order valence-corrected chi connectivity index (χ3v) is 6.97. The van der Waals surface area contributed by atoms with Gasteiger partial charge in [-0.25, -0.2) is 8.42 Å². The second kappa shape index (κ2) is 9.87. The molecule has 1 atom stereocenters.